The average Bonchev–Trinajstić information content (AvgIpc) is 3.28. The third-order valence-electron chi connectivity index (χ3n) is 5.16. The third-order valence-corrected chi connectivity index (χ3v) is 6.35. The van der Waals surface area contributed by atoms with E-state index in [9.17, 15) is 4.79 Å². The molecule has 146 valence electrons. The number of hydrogen-bond donors (Lipinski definition) is 2. The lowest BCUT2D eigenvalue weighted by molar-refractivity contribution is 0.482. The van der Waals surface area contributed by atoms with Crippen molar-refractivity contribution in [3.05, 3.63) is 80.7 Å². The summed E-state index contributed by atoms with van der Waals surface area (Å²) in [6.45, 7) is 2.51. The Bertz CT molecular complexity index is 1240. The van der Waals surface area contributed by atoms with Crippen LogP contribution in [-0.4, -0.2) is 9.97 Å². The minimum absolute atomic E-state index is 0.0203. The first-order chi connectivity index (χ1) is 14.2. The molecule has 0 amide bonds. The molecule has 0 bridgehead atoms. The SMILES string of the molecule is Cc1cccc(Oc2ccc(NCc3nc4sc5c(c4c(=O)[nH]3)CCC5)cc2)c1. The smallest absolute Gasteiger partial charge is 0.259 e. The van der Waals surface area contributed by atoms with Crippen molar-refractivity contribution in [2.24, 2.45) is 0 Å². The number of H-pyrrole nitrogens is 1. The molecule has 5 rings (SSSR count). The van der Waals surface area contributed by atoms with Crippen LogP contribution in [0.2, 0.25) is 0 Å². The van der Waals surface area contributed by atoms with E-state index in [1.807, 2.05) is 55.5 Å². The number of fused-ring (bicyclic) bond motifs is 3. The van der Waals surface area contributed by atoms with Crippen LogP contribution in [-0.2, 0) is 19.4 Å². The first kappa shape index (κ1) is 17.9. The average molecular weight is 404 g/mol. The van der Waals surface area contributed by atoms with Crippen molar-refractivity contribution in [3.8, 4) is 11.5 Å². The Hall–Kier alpha value is -3.12. The van der Waals surface area contributed by atoms with Crippen LogP contribution in [0.4, 0.5) is 5.69 Å². The Morgan fingerprint density at radius 1 is 1.14 bits per heavy atom. The zero-order chi connectivity index (χ0) is 19.8. The lowest BCUT2D eigenvalue weighted by Gasteiger charge is -2.09. The number of nitrogens with zero attached hydrogens (tertiary/aromatic N) is 1. The summed E-state index contributed by atoms with van der Waals surface area (Å²) in [4.78, 5) is 22.3. The van der Waals surface area contributed by atoms with Gasteiger partial charge in [-0.2, -0.15) is 0 Å². The van der Waals surface area contributed by atoms with Gasteiger partial charge in [0, 0.05) is 10.6 Å². The van der Waals surface area contributed by atoms with Crippen LogP contribution in [0.15, 0.2) is 53.3 Å². The monoisotopic (exact) mass is 403 g/mol. The maximum absolute atomic E-state index is 12.5. The van der Waals surface area contributed by atoms with Gasteiger partial charge in [-0.1, -0.05) is 12.1 Å². The number of nitrogens with one attached hydrogen (secondary N) is 2. The Balaban J connectivity index is 1.28. The molecule has 2 aromatic heterocycles. The Kier molecular flexibility index (Phi) is 4.56. The lowest BCUT2D eigenvalue weighted by Crippen LogP contribution is -2.14. The van der Waals surface area contributed by atoms with E-state index in [4.69, 9.17) is 4.74 Å². The van der Waals surface area contributed by atoms with E-state index in [0.29, 0.717) is 12.4 Å². The van der Waals surface area contributed by atoms with Crippen molar-refractivity contribution in [3.63, 3.8) is 0 Å². The number of benzene rings is 2. The molecule has 1 aliphatic rings. The van der Waals surface area contributed by atoms with Crippen LogP contribution in [0, 0.1) is 6.92 Å². The van der Waals surface area contributed by atoms with E-state index in [0.717, 1.165) is 52.2 Å². The van der Waals surface area contributed by atoms with Gasteiger partial charge in [0.15, 0.2) is 0 Å². The molecule has 4 aromatic rings. The second-order valence-electron chi connectivity index (χ2n) is 7.35. The minimum Gasteiger partial charge on any atom is -0.457 e. The van der Waals surface area contributed by atoms with Gasteiger partial charge >= 0.3 is 0 Å². The van der Waals surface area contributed by atoms with Crippen LogP contribution in [0.3, 0.4) is 0 Å². The zero-order valence-electron chi connectivity index (χ0n) is 16.1. The van der Waals surface area contributed by atoms with Crippen LogP contribution < -0.4 is 15.6 Å². The summed E-state index contributed by atoms with van der Waals surface area (Å²) in [6, 6.07) is 15.7. The van der Waals surface area contributed by atoms with Crippen molar-refractivity contribution in [2.45, 2.75) is 32.7 Å². The Labute approximate surface area is 172 Å². The molecule has 29 heavy (non-hydrogen) atoms. The van der Waals surface area contributed by atoms with E-state index in [1.165, 1.54) is 10.4 Å². The first-order valence-corrected chi connectivity index (χ1v) is 10.6. The predicted octanol–water partition coefficient (Wildman–Crippen LogP) is 5.19. The molecule has 2 heterocycles. The van der Waals surface area contributed by atoms with Crippen molar-refractivity contribution >= 4 is 27.2 Å². The molecule has 0 atom stereocenters. The minimum atomic E-state index is -0.0203. The predicted molar refractivity (Wildman–Crippen MR) is 117 cm³/mol. The molecule has 2 N–H and O–H groups in total. The van der Waals surface area contributed by atoms with Crippen LogP contribution in [0.5, 0.6) is 11.5 Å². The van der Waals surface area contributed by atoms with Crippen LogP contribution >= 0.6 is 11.3 Å². The first-order valence-electron chi connectivity index (χ1n) is 9.77. The highest BCUT2D eigenvalue weighted by Gasteiger charge is 2.20. The lowest BCUT2D eigenvalue weighted by atomic mass is 10.2. The Morgan fingerprint density at radius 3 is 2.83 bits per heavy atom. The molecular weight excluding hydrogens is 382 g/mol. The fourth-order valence-electron chi connectivity index (χ4n) is 3.77. The van der Waals surface area contributed by atoms with Gasteiger partial charge in [0.05, 0.1) is 11.9 Å². The fourth-order valence-corrected chi connectivity index (χ4v) is 5.05. The number of aromatic nitrogens is 2. The van der Waals surface area contributed by atoms with Crippen molar-refractivity contribution in [1.29, 1.82) is 0 Å². The summed E-state index contributed by atoms with van der Waals surface area (Å²) in [5.41, 5.74) is 3.30. The fraction of sp³-hybridized carbons (Fsp3) is 0.217. The summed E-state index contributed by atoms with van der Waals surface area (Å²) >= 11 is 1.66. The number of rotatable bonds is 5. The van der Waals surface area contributed by atoms with Gasteiger partial charge in [-0.25, -0.2) is 4.98 Å². The number of aromatic amines is 1. The molecule has 0 unspecified atom stereocenters. The maximum Gasteiger partial charge on any atom is 0.259 e. The second-order valence-corrected chi connectivity index (χ2v) is 8.43. The molecule has 0 spiro atoms. The number of aryl methyl sites for hydroxylation is 3. The van der Waals surface area contributed by atoms with Gasteiger partial charge in [-0.15, -0.1) is 11.3 Å². The maximum atomic E-state index is 12.5. The van der Waals surface area contributed by atoms with Crippen LogP contribution in [0.25, 0.3) is 10.2 Å². The topological polar surface area (TPSA) is 67.0 Å². The van der Waals surface area contributed by atoms with Gasteiger partial charge < -0.3 is 15.0 Å². The molecule has 6 heteroatoms. The third kappa shape index (κ3) is 3.63. The largest absolute Gasteiger partial charge is 0.457 e. The van der Waals surface area contributed by atoms with Crippen molar-refractivity contribution in [1.82, 2.24) is 9.97 Å². The molecule has 0 saturated heterocycles. The highest BCUT2D eigenvalue weighted by molar-refractivity contribution is 7.18. The molecule has 0 saturated carbocycles. The van der Waals surface area contributed by atoms with Gasteiger partial charge in [-0.3, -0.25) is 4.79 Å². The van der Waals surface area contributed by atoms with Gasteiger partial charge in [0.1, 0.15) is 22.2 Å². The standard InChI is InChI=1S/C23H21N3O2S/c1-14-4-2-5-17(12-14)28-16-10-8-15(9-11-16)24-13-20-25-22(27)21-18-6-3-7-19(18)29-23(21)26-20/h2,4-5,8-12,24H,3,6-7,13H2,1H3,(H,25,26,27). The number of ether oxygens (including phenoxy) is 1. The zero-order valence-corrected chi connectivity index (χ0v) is 16.9. The quantitative estimate of drug-likeness (QED) is 0.481. The number of thiophene rings is 1. The summed E-state index contributed by atoms with van der Waals surface area (Å²) in [5.74, 6) is 2.26. The van der Waals surface area contributed by atoms with Crippen molar-refractivity contribution < 1.29 is 4.74 Å². The van der Waals surface area contributed by atoms with E-state index in [-0.39, 0.29) is 5.56 Å². The summed E-state index contributed by atoms with van der Waals surface area (Å²) in [5, 5.41) is 4.11. The van der Waals surface area contributed by atoms with Crippen LogP contribution in [0.1, 0.15) is 28.2 Å². The van der Waals surface area contributed by atoms with E-state index in [2.05, 4.69) is 15.3 Å². The summed E-state index contributed by atoms with van der Waals surface area (Å²) < 4.78 is 5.88. The Morgan fingerprint density at radius 2 is 2.00 bits per heavy atom. The highest BCUT2D eigenvalue weighted by atomic mass is 32.1. The molecule has 0 aliphatic heterocycles. The molecule has 5 nitrogen and oxygen atoms in total. The second kappa shape index (κ2) is 7.37. The molecule has 1 aliphatic carbocycles. The normalized spacial score (nSPS) is 12.9. The molecule has 0 fully saturated rings. The highest BCUT2D eigenvalue weighted by Crippen LogP contribution is 2.34. The van der Waals surface area contributed by atoms with E-state index >= 15 is 0 Å². The summed E-state index contributed by atoms with van der Waals surface area (Å²) in [6.07, 6.45) is 3.21. The molecule has 2 aromatic carbocycles. The van der Waals surface area contributed by atoms with Gasteiger partial charge in [-0.05, 0) is 73.7 Å². The number of hydrogen-bond acceptors (Lipinski definition) is 5. The van der Waals surface area contributed by atoms with Gasteiger partial charge in [0.25, 0.3) is 5.56 Å². The van der Waals surface area contributed by atoms with Crippen molar-refractivity contribution in [2.75, 3.05) is 5.32 Å². The summed E-state index contributed by atoms with van der Waals surface area (Å²) in [7, 11) is 0. The van der Waals surface area contributed by atoms with Gasteiger partial charge in [0.2, 0.25) is 0 Å². The molecule has 0 radical (unpaired) electrons. The van der Waals surface area contributed by atoms with E-state index < -0.39 is 0 Å². The molecular formula is C23H21N3O2S. The number of anilines is 1. The van der Waals surface area contributed by atoms with E-state index in [1.54, 1.807) is 11.3 Å².